The van der Waals surface area contributed by atoms with E-state index in [-0.39, 0.29) is 36.4 Å². The zero-order chi connectivity index (χ0) is 37.8. The number of ether oxygens (including phenoxy) is 2. The van der Waals surface area contributed by atoms with Gasteiger partial charge in [-0.05, 0) is 85.4 Å². The van der Waals surface area contributed by atoms with Crippen molar-refractivity contribution in [2.45, 2.75) is 64.5 Å². The van der Waals surface area contributed by atoms with E-state index >= 15 is 0 Å². The monoisotopic (exact) mass is 754 g/mol. The highest BCUT2D eigenvalue weighted by Crippen LogP contribution is 2.36. The number of halogens is 1. The SMILES string of the molecule is CCCCn1cc(-c2ccc(OC3CCN(CC4CCN(C(=O)c5ccc(Cl)c(N6CCC(=O)NC6=O)c5)CC4)CC3)c(OC)c2)c2ccncc2c1=O. The van der Waals surface area contributed by atoms with E-state index in [0.29, 0.717) is 58.7 Å². The number of fused-ring (bicyclic) bond motifs is 1. The van der Waals surface area contributed by atoms with Gasteiger partial charge >= 0.3 is 6.03 Å². The Labute approximate surface area is 320 Å². The summed E-state index contributed by atoms with van der Waals surface area (Å²) in [7, 11) is 1.66. The Kier molecular flexibility index (Phi) is 11.5. The molecule has 1 N–H and O–H groups in total. The Bertz CT molecular complexity index is 2090. The number of methoxy groups -OCH3 is 1. The Morgan fingerprint density at radius 3 is 2.48 bits per heavy atom. The molecule has 4 amide bonds. The summed E-state index contributed by atoms with van der Waals surface area (Å²) in [5, 5.41) is 4.13. The smallest absolute Gasteiger partial charge is 0.328 e. The number of carbonyl (C=O) groups is 3. The fourth-order valence-electron chi connectivity index (χ4n) is 7.80. The molecule has 284 valence electrons. The zero-order valence-corrected chi connectivity index (χ0v) is 31.6. The molecule has 0 bridgehead atoms. The van der Waals surface area contributed by atoms with Gasteiger partial charge in [0.15, 0.2) is 11.5 Å². The summed E-state index contributed by atoms with van der Waals surface area (Å²) in [6.45, 7) is 7.19. The molecule has 3 aliphatic rings. The number of imide groups is 1. The van der Waals surface area contributed by atoms with Crippen LogP contribution >= 0.6 is 11.6 Å². The van der Waals surface area contributed by atoms with E-state index < -0.39 is 6.03 Å². The van der Waals surface area contributed by atoms with Gasteiger partial charge in [-0.2, -0.15) is 0 Å². The number of hydrogen-bond donors (Lipinski definition) is 1. The number of pyridine rings is 2. The minimum absolute atomic E-state index is 0.0228. The number of unbranched alkanes of at least 4 members (excludes halogenated alkanes) is 1. The largest absolute Gasteiger partial charge is 0.493 e. The third-order valence-electron chi connectivity index (χ3n) is 10.9. The summed E-state index contributed by atoms with van der Waals surface area (Å²) in [6, 6.07) is 12.4. The molecule has 2 aromatic carbocycles. The fraction of sp³-hybridized carbons (Fsp3) is 0.439. The van der Waals surface area contributed by atoms with Crippen molar-refractivity contribution in [3.8, 4) is 22.6 Å². The molecule has 0 aliphatic carbocycles. The van der Waals surface area contributed by atoms with E-state index in [1.54, 1.807) is 42.3 Å². The first-order chi connectivity index (χ1) is 26.2. The van der Waals surface area contributed by atoms with E-state index in [9.17, 15) is 19.2 Å². The lowest BCUT2D eigenvalue weighted by Gasteiger charge is -2.38. The number of likely N-dealkylation sites (tertiary alicyclic amines) is 2. The summed E-state index contributed by atoms with van der Waals surface area (Å²) >= 11 is 6.40. The molecule has 54 heavy (non-hydrogen) atoms. The molecule has 4 aromatic rings. The van der Waals surface area contributed by atoms with E-state index in [1.165, 1.54) is 4.90 Å². The number of carbonyl (C=O) groups excluding carboxylic acids is 3. The minimum atomic E-state index is -0.532. The number of piperidine rings is 2. The second-order valence-corrected chi connectivity index (χ2v) is 14.9. The first kappa shape index (κ1) is 37.4. The molecule has 0 spiro atoms. The minimum Gasteiger partial charge on any atom is -0.493 e. The van der Waals surface area contributed by atoms with E-state index in [2.05, 4.69) is 22.1 Å². The first-order valence-corrected chi connectivity index (χ1v) is 19.3. The number of benzene rings is 2. The highest BCUT2D eigenvalue weighted by Gasteiger charge is 2.30. The van der Waals surface area contributed by atoms with Crippen molar-refractivity contribution in [1.29, 1.82) is 0 Å². The van der Waals surface area contributed by atoms with Gasteiger partial charge in [-0.1, -0.05) is 31.0 Å². The van der Waals surface area contributed by atoms with Crippen LogP contribution in [0.4, 0.5) is 10.5 Å². The van der Waals surface area contributed by atoms with E-state index in [4.69, 9.17) is 21.1 Å². The molecule has 3 saturated heterocycles. The van der Waals surface area contributed by atoms with Crippen LogP contribution in [0.5, 0.6) is 11.5 Å². The average Bonchev–Trinajstić information content (AvgIpc) is 3.19. The molecule has 3 fully saturated rings. The maximum Gasteiger partial charge on any atom is 0.328 e. The molecule has 5 heterocycles. The molecule has 2 aromatic heterocycles. The molecular weight excluding hydrogens is 708 g/mol. The first-order valence-electron chi connectivity index (χ1n) is 19.0. The number of anilines is 1. The predicted molar refractivity (Wildman–Crippen MR) is 209 cm³/mol. The van der Waals surface area contributed by atoms with E-state index in [0.717, 1.165) is 74.7 Å². The van der Waals surface area contributed by atoms with Crippen molar-refractivity contribution in [2.24, 2.45) is 5.92 Å². The van der Waals surface area contributed by atoms with Crippen LogP contribution in [0, 0.1) is 5.92 Å². The molecule has 0 unspecified atom stereocenters. The average molecular weight is 755 g/mol. The normalized spacial score (nSPS) is 17.5. The van der Waals surface area contributed by atoms with Crippen molar-refractivity contribution < 1.29 is 23.9 Å². The second kappa shape index (κ2) is 16.6. The standard InChI is InChI=1S/C41H47ClN6O6/c1-3-4-16-47-26-33(31-9-15-43-24-32(31)40(47)51)28-6-8-36(37(23-28)53-2)54-30-12-17-45(18-13-30)25-27-10-19-46(20-11-27)39(50)29-5-7-34(42)35(22-29)48-21-14-38(49)44-41(48)52/h5-9,15,22-24,26-27,30H,3-4,10-14,16-21,25H2,1-2H3,(H,44,49,52). The summed E-state index contributed by atoms with van der Waals surface area (Å²) < 4.78 is 14.1. The van der Waals surface area contributed by atoms with Crippen LogP contribution in [0.2, 0.25) is 5.02 Å². The lowest BCUT2D eigenvalue weighted by atomic mass is 9.94. The lowest BCUT2D eigenvalue weighted by Crippen LogP contribution is -2.49. The van der Waals surface area contributed by atoms with Crippen LogP contribution in [0.15, 0.2) is 65.8 Å². The highest BCUT2D eigenvalue weighted by atomic mass is 35.5. The maximum absolute atomic E-state index is 13.5. The third kappa shape index (κ3) is 8.09. The molecule has 3 aliphatic heterocycles. The number of hydrogen-bond acceptors (Lipinski definition) is 8. The van der Waals surface area contributed by atoms with Gasteiger partial charge in [-0.25, -0.2) is 4.79 Å². The van der Waals surface area contributed by atoms with Gasteiger partial charge < -0.3 is 23.8 Å². The summed E-state index contributed by atoms with van der Waals surface area (Å²) in [6.07, 6.45) is 11.1. The lowest BCUT2D eigenvalue weighted by molar-refractivity contribution is -0.120. The Hall–Kier alpha value is -4.94. The topological polar surface area (TPSA) is 126 Å². The number of aryl methyl sites for hydroxylation is 1. The van der Waals surface area contributed by atoms with Gasteiger partial charge in [-0.15, -0.1) is 0 Å². The number of rotatable bonds is 11. The summed E-state index contributed by atoms with van der Waals surface area (Å²) in [5.41, 5.74) is 2.79. The van der Waals surface area contributed by atoms with Crippen LogP contribution in [-0.2, 0) is 11.3 Å². The molecular formula is C41H47ClN6O6. The molecule has 13 heteroatoms. The molecule has 7 rings (SSSR count). The maximum atomic E-state index is 13.5. The van der Waals surface area contributed by atoms with Crippen LogP contribution in [0.3, 0.4) is 0 Å². The summed E-state index contributed by atoms with van der Waals surface area (Å²) in [5.74, 6) is 1.47. The van der Waals surface area contributed by atoms with Crippen molar-refractivity contribution >= 4 is 45.9 Å². The van der Waals surface area contributed by atoms with Crippen molar-refractivity contribution in [3.05, 3.63) is 82.0 Å². The molecule has 12 nitrogen and oxygen atoms in total. The Morgan fingerprint density at radius 1 is 0.944 bits per heavy atom. The predicted octanol–water partition coefficient (Wildman–Crippen LogP) is 6.37. The van der Waals surface area contributed by atoms with Crippen molar-refractivity contribution in [3.63, 3.8) is 0 Å². The van der Waals surface area contributed by atoms with Crippen LogP contribution < -0.4 is 25.2 Å². The number of nitrogens with zero attached hydrogens (tertiary/aromatic N) is 5. The number of nitrogens with one attached hydrogen (secondary N) is 1. The number of urea groups is 1. The van der Waals surface area contributed by atoms with Gasteiger partial charge in [-0.3, -0.25) is 29.6 Å². The third-order valence-corrected chi connectivity index (χ3v) is 11.2. The van der Waals surface area contributed by atoms with Gasteiger partial charge in [0.25, 0.3) is 11.5 Å². The van der Waals surface area contributed by atoms with Gasteiger partial charge in [0.1, 0.15) is 6.10 Å². The van der Waals surface area contributed by atoms with Gasteiger partial charge in [0.05, 0.1) is 23.2 Å². The summed E-state index contributed by atoms with van der Waals surface area (Å²) in [4.78, 5) is 60.7. The van der Waals surface area contributed by atoms with Gasteiger partial charge in [0.2, 0.25) is 5.91 Å². The van der Waals surface area contributed by atoms with Crippen molar-refractivity contribution in [1.82, 2.24) is 24.7 Å². The number of aromatic nitrogens is 2. The molecule has 0 atom stereocenters. The highest BCUT2D eigenvalue weighted by molar-refractivity contribution is 6.34. The Balaban J connectivity index is 0.919. The molecule has 0 saturated carbocycles. The van der Waals surface area contributed by atoms with Gasteiger partial charge in [0, 0.05) is 82.0 Å². The van der Waals surface area contributed by atoms with E-state index in [1.807, 2.05) is 35.4 Å². The van der Waals surface area contributed by atoms with Crippen LogP contribution in [0.25, 0.3) is 21.9 Å². The molecule has 0 radical (unpaired) electrons. The number of amides is 4. The van der Waals surface area contributed by atoms with Crippen LogP contribution in [0.1, 0.15) is 62.2 Å². The fourth-order valence-corrected chi connectivity index (χ4v) is 8.02. The Morgan fingerprint density at radius 2 is 1.74 bits per heavy atom. The van der Waals surface area contributed by atoms with Crippen molar-refractivity contribution in [2.75, 3.05) is 51.3 Å². The second-order valence-electron chi connectivity index (χ2n) is 14.5. The quantitative estimate of drug-likeness (QED) is 0.187. The zero-order valence-electron chi connectivity index (χ0n) is 30.9. The van der Waals surface area contributed by atoms with Crippen LogP contribution in [-0.4, -0.2) is 89.7 Å².